The second kappa shape index (κ2) is 14.2. The van der Waals surface area contributed by atoms with Crippen molar-refractivity contribution in [3.8, 4) is 11.4 Å². The van der Waals surface area contributed by atoms with Gasteiger partial charge in [-0.1, -0.05) is 56.0 Å². The average Bonchev–Trinajstić information content (AvgIpc) is 3.50. The molecule has 0 aliphatic heterocycles. The van der Waals surface area contributed by atoms with Crippen LogP contribution in [0.4, 0.5) is 5.82 Å². The fourth-order valence-electron chi connectivity index (χ4n) is 4.60. The lowest BCUT2D eigenvalue weighted by Crippen LogP contribution is -2.18. The van der Waals surface area contributed by atoms with Gasteiger partial charge in [-0.25, -0.2) is 9.97 Å². The number of aromatic nitrogens is 4. The Balaban J connectivity index is 0.000000599. The molecule has 3 aromatic heterocycles. The van der Waals surface area contributed by atoms with Crippen molar-refractivity contribution < 1.29 is 0 Å². The van der Waals surface area contributed by atoms with E-state index in [1.807, 2.05) is 62.6 Å². The molecule has 0 spiro atoms. The monoisotopic (exact) mass is 513 g/mol. The topological polar surface area (TPSA) is 87.3 Å². The number of allylic oxidation sites excluding steroid dienone is 3. The molecule has 0 bridgehead atoms. The Labute approximate surface area is 227 Å². The molecule has 0 saturated heterocycles. The number of nitrogen functional groups attached to an aromatic ring is 1. The van der Waals surface area contributed by atoms with Gasteiger partial charge in [-0.15, -0.1) is 0 Å². The number of rotatable bonds is 12. The summed E-state index contributed by atoms with van der Waals surface area (Å²) in [5.74, 6) is 1.81. The quantitative estimate of drug-likeness (QED) is 0.148. The van der Waals surface area contributed by atoms with Crippen LogP contribution in [-0.2, 0) is 0 Å². The fraction of sp³-hybridized carbons (Fsp3) is 0.355. The molecule has 0 amide bonds. The van der Waals surface area contributed by atoms with Crippen molar-refractivity contribution in [1.82, 2.24) is 29.6 Å². The molecule has 4 aromatic rings. The number of hydrogen-bond acceptors (Lipinski definition) is 5. The molecule has 1 aromatic carbocycles. The van der Waals surface area contributed by atoms with Gasteiger partial charge in [0.1, 0.15) is 22.9 Å². The Hall–Kier alpha value is -3.84. The van der Waals surface area contributed by atoms with Gasteiger partial charge < -0.3 is 20.9 Å². The smallest absolute Gasteiger partial charge is 0.150 e. The van der Waals surface area contributed by atoms with Gasteiger partial charge in [0.25, 0.3) is 0 Å². The Morgan fingerprint density at radius 2 is 2.05 bits per heavy atom. The number of H-pyrrole nitrogens is 1. The number of nitrogens with one attached hydrogen (secondary N) is 2. The van der Waals surface area contributed by atoms with E-state index in [0.29, 0.717) is 11.7 Å². The summed E-state index contributed by atoms with van der Waals surface area (Å²) in [4.78, 5) is 15.0. The van der Waals surface area contributed by atoms with E-state index in [1.165, 1.54) is 0 Å². The van der Waals surface area contributed by atoms with Crippen LogP contribution in [-0.4, -0.2) is 51.4 Å². The van der Waals surface area contributed by atoms with Gasteiger partial charge in [0.2, 0.25) is 0 Å². The minimum absolute atomic E-state index is 0.291. The summed E-state index contributed by atoms with van der Waals surface area (Å²) in [5, 5.41) is 4.61. The predicted molar refractivity (Wildman–Crippen MR) is 162 cm³/mol. The maximum absolute atomic E-state index is 6.36. The molecule has 0 fully saturated rings. The zero-order valence-corrected chi connectivity index (χ0v) is 23.4. The van der Waals surface area contributed by atoms with Crippen molar-refractivity contribution in [2.45, 2.75) is 45.4 Å². The summed E-state index contributed by atoms with van der Waals surface area (Å²) >= 11 is 0. The van der Waals surface area contributed by atoms with Crippen molar-refractivity contribution >= 4 is 22.2 Å². The molecule has 1 atom stereocenters. The van der Waals surface area contributed by atoms with Gasteiger partial charge in [0.05, 0.1) is 5.69 Å². The van der Waals surface area contributed by atoms with Crippen LogP contribution in [0.15, 0.2) is 79.8 Å². The Morgan fingerprint density at radius 1 is 1.26 bits per heavy atom. The highest BCUT2D eigenvalue weighted by Gasteiger charge is 2.23. The maximum Gasteiger partial charge on any atom is 0.150 e. The Bertz CT molecular complexity index is 1330. The van der Waals surface area contributed by atoms with Crippen LogP contribution in [0.1, 0.15) is 51.3 Å². The van der Waals surface area contributed by atoms with Crippen LogP contribution >= 0.6 is 0 Å². The van der Waals surface area contributed by atoms with Crippen LogP contribution < -0.4 is 11.1 Å². The number of aromatic amines is 1. The molecule has 0 aliphatic rings. The lowest BCUT2D eigenvalue weighted by molar-refractivity contribution is 0.506. The number of benzene rings is 1. The number of fused-ring (bicyclic) bond motifs is 2. The van der Waals surface area contributed by atoms with Crippen LogP contribution in [0.2, 0.25) is 0 Å². The zero-order chi connectivity index (χ0) is 27.5. The molecule has 0 radical (unpaired) electrons. The fourth-order valence-corrected chi connectivity index (χ4v) is 4.60. The predicted octanol–water partition coefficient (Wildman–Crippen LogP) is 6.54. The SMILES string of the molecule is C/C=C/N(C)C.C=CC(=C)CCCC(CCNCC)c1nc(-c2cc3ccccc3[nH]2)c2c(N)nccn12. The van der Waals surface area contributed by atoms with E-state index < -0.39 is 0 Å². The van der Waals surface area contributed by atoms with E-state index in [9.17, 15) is 0 Å². The van der Waals surface area contributed by atoms with Crippen molar-refractivity contribution in [2.75, 3.05) is 32.9 Å². The first kappa shape index (κ1) is 28.7. The van der Waals surface area contributed by atoms with Crippen LogP contribution in [0.5, 0.6) is 0 Å². The van der Waals surface area contributed by atoms with Crippen LogP contribution in [0.25, 0.3) is 27.8 Å². The minimum Gasteiger partial charge on any atom is -0.384 e. The van der Waals surface area contributed by atoms with Crippen molar-refractivity contribution in [2.24, 2.45) is 0 Å². The van der Waals surface area contributed by atoms with Crippen LogP contribution in [0, 0.1) is 0 Å². The highest BCUT2D eigenvalue weighted by molar-refractivity contribution is 5.91. The van der Waals surface area contributed by atoms with E-state index in [0.717, 1.165) is 78.0 Å². The summed E-state index contributed by atoms with van der Waals surface area (Å²) < 4.78 is 2.13. The zero-order valence-electron chi connectivity index (χ0n) is 23.4. The van der Waals surface area contributed by atoms with Gasteiger partial charge in [0.15, 0.2) is 0 Å². The standard InChI is InChI=1S/C26H32N6.C5H11N/c1-4-18(3)9-8-11-19(13-14-28-5-2)26-31-23(24-25(27)29-15-16-32(24)26)22-17-20-10-6-7-12-21(20)30-22;1-4-5-6(2)3/h4,6-7,10,12,15-17,19,28,30H,1,3,5,8-9,11,13-14H2,2H3,(H2,27,29);4-5H,1-3H3/b;5-4+. The first-order valence-electron chi connectivity index (χ1n) is 13.4. The van der Waals surface area contributed by atoms with Gasteiger partial charge in [-0.2, -0.15) is 0 Å². The highest BCUT2D eigenvalue weighted by atomic mass is 15.1. The molecular weight excluding hydrogens is 470 g/mol. The van der Waals surface area contributed by atoms with Gasteiger partial charge in [-0.05, 0) is 64.0 Å². The molecule has 202 valence electrons. The maximum atomic E-state index is 6.36. The first-order valence-corrected chi connectivity index (χ1v) is 13.4. The lowest BCUT2D eigenvalue weighted by Gasteiger charge is -2.16. The highest BCUT2D eigenvalue weighted by Crippen LogP contribution is 2.34. The molecule has 1 unspecified atom stereocenters. The van der Waals surface area contributed by atoms with E-state index >= 15 is 0 Å². The van der Waals surface area contributed by atoms with Crippen molar-refractivity contribution in [3.05, 3.63) is 85.6 Å². The molecule has 4 rings (SSSR count). The third kappa shape index (κ3) is 7.35. The molecule has 38 heavy (non-hydrogen) atoms. The Morgan fingerprint density at radius 3 is 2.71 bits per heavy atom. The normalized spacial score (nSPS) is 12.0. The first-order chi connectivity index (χ1) is 18.4. The second-order valence-electron chi connectivity index (χ2n) is 9.66. The number of nitrogens with two attached hydrogens (primary N) is 1. The van der Waals surface area contributed by atoms with E-state index in [2.05, 4.69) is 58.0 Å². The van der Waals surface area contributed by atoms with Crippen molar-refractivity contribution in [3.63, 3.8) is 0 Å². The van der Waals surface area contributed by atoms with E-state index in [-0.39, 0.29) is 0 Å². The summed E-state index contributed by atoms with van der Waals surface area (Å²) in [6.07, 6.45) is 13.6. The van der Waals surface area contributed by atoms with Gasteiger partial charge in [0, 0.05) is 43.3 Å². The van der Waals surface area contributed by atoms with Crippen molar-refractivity contribution in [1.29, 1.82) is 0 Å². The molecule has 0 aliphatic carbocycles. The van der Waals surface area contributed by atoms with Crippen LogP contribution in [0.3, 0.4) is 0 Å². The van der Waals surface area contributed by atoms with E-state index in [4.69, 9.17) is 10.7 Å². The largest absolute Gasteiger partial charge is 0.384 e. The summed E-state index contributed by atoms with van der Waals surface area (Å²) in [6, 6.07) is 10.4. The number of para-hydroxylation sites is 1. The minimum atomic E-state index is 0.291. The third-order valence-electron chi connectivity index (χ3n) is 6.47. The number of anilines is 1. The summed E-state index contributed by atoms with van der Waals surface area (Å²) in [5.41, 5.74) is 11.2. The third-order valence-corrected chi connectivity index (χ3v) is 6.47. The molecular formula is C31H43N7. The molecule has 3 heterocycles. The average molecular weight is 514 g/mol. The molecule has 7 heteroatoms. The second-order valence-corrected chi connectivity index (χ2v) is 9.66. The molecule has 7 nitrogen and oxygen atoms in total. The Kier molecular flexibility index (Phi) is 10.7. The molecule has 0 saturated carbocycles. The number of imidazole rings is 1. The number of nitrogens with zero attached hydrogens (tertiary/aromatic N) is 4. The summed E-state index contributed by atoms with van der Waals surface area (Å²) in [7, 11) is 4.00. The molecule has 4 N–H and O–H groups in total. The van der Waals surface area contributed by atoms with Gasteiger partial charge >= 0.3 is 0 Å². The lowest BCUT2D eigenvalue weighted by atomic mass is 9.96. The van der Waals surface area contributed by atoms with E-state index in [1.54, 1.807) is 6.20 Å². The van der Waals surface area contributed by atoms with Gasteiger partial charge in [-0.3, -0.25) is 4.40 Å². The summed E-state index contributed by atoms with van der Waals surface area (Å²) in [6.45, 7) is 13.9. The number of hydrogen-bond donors (Lipinski definition) is 3.